The van der Waals surface area contributed by atoms with Crippen molar-refractivity contribution < 1.29 is 0 Å². The van der Waals surface area contributed by atoms with Gasteiger partial charge in [-0.1, -0.05) is 56.8 Å². The Hall–Kier alpha value is -0.310. The van der Waals surface area contributed by atoms with E-state index in [1.165, 1.54) is 12.8 Å². The Labute approximate surface area is 120 Å². The first-order valence-corrected chi connectivity index (χ1v) is 7.39. The molecule has 4 heteroatoms. The zero-order valence-corrected chi connectivity index (χ0v) is 12.9. The van der Waals surface area contributed by atoms with Crippen LogP contribution in [0, 0.1) is 5.92 Å². The van der Waals surface area contributed by atoms with Gasteiger partial charge in [0.1, 0.15) is 5.15 Å². The maximum atomic E-state index is 6.15. The summed E-state index contributed by atoms with van der Waals surface area (Å²) in [7, 11) is 0. The lowest BCUT2D eigenvalue weighted by molar-refractivity contribution is 0.224. The molecule has 1 heterocycles. The molecule has 0 N–H and O–H groups in total. The molecule has 1 aromatic heterocycles. The summed E-state index contributed by atoms with van der Waals surface area (Å²) in [4.78, 5) is 6.69. The van der Waals surface area contributed by atoms with Crippen LogP contribution in [0.1, 0.15) is 39.3 Å². The lowest BCUT2D eigenvalue weighted by atomic mass is 10.0. The van der Waals surface area contributed by atoms with Crippen LogP contribution >= 0.6 is 23.2 Å². The minimum absolute atomic E-state index is 0.507. The molecule has 0 amide bonds. The Balaban J connectivity index is 2.70. The molecule has 0 aliphatic rings. The minimum atomic E-state index is 0.507. The van der Waals surface area contributed by atoms with E-state index in [9.17, 15) is 0 Å². The van der Waals surface area contributed by atoms with Crippen molar-refractivity contribution >= 4 is 23.2 Å². The molecule has 0 atom stereocenters. The second-order valence-electron chi connectivity index (χ2n) is 4.57. The quantitative estimate of drug-likeness (QED) is 0.679. The summed E-state index contributed by atoms with van der Waals surface area (Å²) in [6.07, 6.45) is 2.42. The van der Waals surface area contributed by atoms with Crippen molar-refractivity contribution in [1.82, 2.24) is 9.88 Å². The number of rotatable bonds is 7. The Morgan fingerprint density at radius 3 is 2.39 bits per heavy atom. The Morgan fingerprint density at radius 2 is 1.83 bits per heavy atom. The average Bonchev–Trinajstić information content (AvgIpc) is 2.38. The summed E-state index contributed by atoms with van der Waals surface area (Å²) in [6, 6.07) is 3.54. The zero-order valence-electron chi connectivity index (χ0n) is 11.4. The van der Waals surface area contributed by atoms with Crippen molar-refractivity contribution in [3.05, 3.63) is 28.0 Å². The summed E-state index contributed by atoms with van der Waals surface area (Å²) in [5.41, 5.74) is 0.872. The molecule has 0 spiro atoms. The molecule has 0 fully saturated rings. The van der Waals surface area contributed by atoms with Crippen molar-refractivity contribution in [3.63, 3.8) is 0 Å². The van der Waals surface area contributed by atoms with Gasteiger partial charge in [0.15, 0.2) is 0 Å². The number of hydrogen-bond acceptors (Lipinski definition) is 2. The van der Waals surface area contributed by atoms with Crippen LogP contribution in [0.4, 0.5) is 0 Å². The molecule has 0 saturated heterocycles. The molecule has 2 nitrogen and oxygen atoms in total. The monoisotopic (exact) mass is 288 g/mol. The molecule has 0 radical (unpaired) electrons. The normalized spacial score (nSPS) is 11.5. The van der Waals surface area contributed by atoms with Gasteiger partial charge in [0, 0.05) is 13.1 Å². The van der Waals surface area contributed by atoms with E-state index in [0.717, 1.165) is 31.2 Å². The Morgan fingerprint density at radius 1 is 1.17 bits per heavy atom. The summed E-state index contributed by atoms with van der Waals surface area (Å²) in [6.45, 7) is 9.52. The lowest BCUT2D eigenvalue weighted by Gasteiger charge is -2.25. The summed E-state index contributed by atoms with van der Waals surface area (Å²) in [5, 5.41) is 1.20. The van der Waals surface area contributed by atoms with E-state index >= 15 is 0 Å². The van der Waals surface area contributed by atoms with Gasteiger partial charge in [0.25, 0.3) is 0 Å². The maximum absolute atomic E-state index is 6.15. The summed E-state index contributed by atoms with van der Waals surface area (Å²) in [5.74, 6) is 0.739. The molecule has 18 heavy (non-hydrogen) atoms. The van der Waals surface area contributed by atoms with Crippen molar-refractivity contribution in [1.29, 1.82) is 0 Å². The number of aromatic nitrogens is 1. The van der Waals surface area contributed by atoms with Crippen molar-refractivity contribution in [2.24, 2.45) is 5.92 Å². The number of nitrogens with zero attached hydrogens (tertiary/aromatic N) is 2. The molecule has 0 bridgehead atoms. The summed E-state index contributed by atoms with van der Waals surface area (Å²) < 4.78 is 0. The van der Waals surface area contributed by atoms with Crippen LogP contribution in [0.15, 0.2) is 12.1 Å². The Kier molecular flexibility index (Phi) is 6.98. The fourth-order valence-electron chi connectivity index (χ4n) is 2.00. The molecule has 0 aromatic carbocycles. The second-order valence-corrected chi connectivity index (χ2v) is 5.37. The van der Waals surface area contributed by atoms with Gasteiger partial charge in [-0.2, -0.15) is 0 Å². The molecule has 0 unspecified atom stereocenters. The van der Waals surface area contributed by atoms with Gasteiger partial charge in [-0.05, 0) is 24.6 Å². The van der Waals surface area contributed by atoms with Crippen LogP contribution in [0.3, 0.4) is 0 Å². The molecule has 0 saturated carbocycles. The third-order valence-corrected chi connectivity index (χ3v) is 3.93. The predicted molar refractivity (Wildman–Crippen MR) is 79.3 cm³/mol. The molecule has 1 rings (SSSR count). The Bertz CT molecular complexity index is 365. The largest absolute Gasteiger partial charge is 0.297 e. The molecule has 1 aromatic rings. The van der Waals surface area contributed by atoms with Crippen LogP contribution in [-0.2, 0) is 6.54 Å². The van der Waals surface area contributed by atoms with Gasteiger partial charge in [0.2, 0.25) is 0 Å². The average molecular weight is 289 g/mol. The third-order valence-electron chi connectivity index (χ3n) is 3.38. The fourth-order valence-corrected chi connectivity index (χ4v) is 2.33. The van der Waals surface area contributed by atoms with Gasteiger partial charge in [-0.25, -0.2) is 4.98 Å². The van der Waals surface area contributed by atoms with Crippen LogP contribution < -0.4 is 0 Å². The molecule has 0 aliphatic heterocycles. The van der Waals surface area contributed by atoms with Crippen LogP contribution in [0.5, 0.6) is 0 Å². The van der Waals surface area contributed by atoms with E-state index < -0.39 is 0 Å². The molecular formula is C14H22Cl2N2. The summed E-state index contributed by atoms with van der Waals surface area (Å²) >= 11 is 12.1. The van der Waals surface area contributed by atoms with E-state index in [2.05, 4.69) is 30.7 Å². The van der Waals surface area contributed by atoms with E-state index in [4.69, 9.17) is 23.2 Å². The van der Waals surface area contributed by atoms with E-state index in [1.807, 2.05) is 6.07 Å². The SMILES string of the molecule is CCC(CC)CN(CC)Cc1nc(Cl)ccc1Cl. The standard InChI is InChI=1S/C14H22Cl2N2/c1-4-11(5-2)9-18(6-3)10-13-12(15)7-8-14(16)17-13/h7-8,11H,4-6,9-10H2,1-3H3. The first-order chi connectivity index (χ1) is 8.60. The minimum Gasteiger partial charge on any atom is -0.297 e. The van der Waals surface area contributed by atoms with Gasteiger partial charge in [-0.15, -0.1) is 0 Å². The number of pyridine rings is 1. The van der Waals surface area contributed by atoms with Crippen LogP contribution in [0.25, 0.3) is 0 Å². The number of hydrogen-bond donors (Lipinski definition) is 0. The van der Waals surface area contributed by atoms with E-state index in [1.54, 1.807) is 6.07 Å². The van der Waals surface area contributed by atoms with Gasteiger partial charge >= 0.3 is 0 Å². The zero-order chi connectivity index (χ0) is 13.5. The third kappa shape index (κ3) is 4.75. The van der Waals surface area contributed by atoms with Crippen LogP contribution in [-0.4, -0.2) is 23.0 Å². The van der Waals surface area contributed by atoms with Gasteiger partial charge < -0.3 is 0 Å². The first-order valence-electron chi connectivity index (χ1n) is 6.63. The highest BCUT2D eigenvalue weighted by atomic mass is 35.5. The maximum Gasteiger partial charge on any atom is 0.129 e. The fraction of sp³-hybridized carbons (Fsp3) is 0.643. The molecule has 0 aliphatic carbocycles. The number of halogens is 2. The highest BCUT2D eigenvalue weighted by Crippen LogP contribution is 2.19. The second kappa shape index (κ2) is 7.98. The molecular weight excluding hydrogens is 267 g/mol. The predicted octanol–water partition coefficient (Wildman–Crippen LogP) is 4.65. The van der Waals surface area contributed by atoms with Crippen molar-refractivity contribution in [3.8, 4) is 0 Å². The van der Waals surface area contributed by atoms with Crippen molar-refractivity contribution in [2.75, 3.05) is 13.1 Å². The van der Waals surface area contributed by atoms with Crippen LogP contribution in [0.2, 0.25) is 10.2 Å². The van der Waals surface area contributed by atoms with Gasteiger partial charge in [0.05, 0.1) is 10.7 Å². The highest BCUT2D eigenvalue weighted by molar-refractivity contribution is 6.32. The molecule has 102 valence electrons. The van der Waals surface area contributed by atoms with E-state index in [-0.39, 0.29) is 0 Å². The first kappa shape index (κ1) is 15.7. The van der Waals surface area contributed by atoms with Crippen molar-refractivity contribution in [2.45, 2.75) is 40.2 Å². The lowest BCUT2D eigenvalue weighted by Crippen LogP contribution is -2.29. The van der Waals surface area contributed by atoms with E-state index in [0.29, 0.717) is 10.2 Å². The van der Waals surface area contributed by atoms with Gasteiger partial charge in [-0.3, -0.25) is 4.90 Å². The topological polar surface area (TPSA) is 16.1 Å². The highest BCUT2D eigenvalue weighted by Gasteiger charge is 2.13. The smallest absolute Gasteiger partial charge is 0.129 e.